The number of hydrogen-bond donors (Lipinski definition) is 2. The molecule has 1 aliphatic rings. The van der Waals surface area contributed by atoms with E-state index in [2.05, 4.69) is 10.6 Å². The molecule has 2 N–H and O–H groups in total. The predicted molar refractivity (Wildman–Crippen MR) is 124 cm³/mol. The van der Waals surface area contributed by atoms with Gasteiger partial charge in [-0.05, 0) is 55.5 Å². The van der Waals surface area contributed by atoms with Crippen LogP contribution in [-0.2, 0) is 26.2 Å². The molecule has 7 nitrogen and oxygen atoms in total. The van der Waals surface area contributed by atoms with Gasteiger partial charge in [0.05, 0.1) is 4.90 Å². The van der Waals surface area contributed by atoms with E-state index in [0.29, 0.717) is 31.5 Å². The van der Waals surface area contributed by atoms with Crippen LogP contribution in [0.5, 0.6) is 0 Å². The Morgan fingerprint density at radius 2 is 1.84 bits per heavy atom. The first-order chi connectivity index (χ1) is 15.2. The molecule has 2 aromatic rings. The number of carbonyl (C=O) groups is 2. The number of hydrogen-bond acceptors (Lipinski definition) is 4. The standard InChI is InChI=1S/C24H31N3O4S/c1-17(2)14-23(28)26-20-7-4-6-19(15-20)16-25-24(29)22-8-5-13-27(22)32(30,31)21-11-9-18(3)10-12-21/h4,6-7,9-12,15,17,22H,5,8,13-14,16H2,1-3H3,(H,25,29)(H,26,28)/t22-/m0/s1. The summed E-state index contributed by atoms with van der Waals surface area (Å²) in [6, 6.07) is 13.2. The first-order valence-electron chi connectivity index (χ1n) is 10.9. The average Bonchev–Trinajstić information content (AvgIpc) is 3.23. The summed E-state index contributed by atoms with van der Waals surface area (Å²) >= 11 is 0. The summed E-state index contributed by atoms with van der Waals surface area (Å²) in [5.41, 5.74) is 2.47. The van der Waals surface area contributed by atoms with E-state index in [4.69, 9.17) is 0 Å². The molecule has 0 aromatic heterocycles. The molecule has 3 rings (SSSR count). The van der Waals surface area contributed by atoms with Gasteiger partial charge in [-0.2, -0.15) is 4.31 Å². The maximum absolute atomic E-state index is 13.1. The van der Waals surface area contributed by atoms with Gasteiger partial charge in [0.15, 0.2) is 0 Å². The molecule has 32 heavy (non-hydrogen) atoms. The fraction of sp³-hybridized carbons (Fsp3) is 0.417. The average molecular weight is 458 g/mol. The Labute approximate surface area is 190 Å². The van der Waals surface area contributed by atoms with Gasteiger partial charge >= 0.3 is 0 Å². The van der Waals surface area contributed by atoms with Gasteiger partial charge in [0.25, 0.3) is 0 Å². The lowest BCUT2D eigenvalue weighted by atomic mass is 10.1. The van der Waals surface area contributed by atoms with Crippen molar-refractivity contribution < 1.29 is 18.0 Å². The van der Waals surface area contributed by atoms with Crippen LogP contribution in [0.4, 0.5) is 5.69 Å². The zero-order valence-electron chi connectivity index (χ0n) is 18.8. The Balaban J connectivity index is 1.64. The second-order valence-electron chi connectivity index (χ2n) is 8.65. The van der Waals surface area contributed by atoms with Crippen molar-refractivity contribution in [2.75, 3.05) is 11.9 Å². The van der Waals surface area contributed by atoms with Crippen LogP contribution in [0.25, 0.3) is 0 Å². The summed E-state index contributed by atoms with van der Waals surface area (Å²) in [5.74, 6) is -0.0976. The SMILES string of the molecule is Cc1ccc(S(=O)(=O)N2CCC[C@H]2C(=O)NCc2cccc(NC(=O)CC(C)C)c2)cc1. The van der Waals surface area contributed by atoms with Crippen molar-refractivity contribution in [2.24, 2.45) is 5.92 Å². The van der Waals surface area contributed by atoms with Gasteiger partial charge in [0, 0.05) is 25.2 Å². The summed E-state index contributed by atoms with van der Waals surface area (Å²) in [6.45, 7) is 6.44. The molecule has 0 unspecified atom stereocenters. The number of rotatable bonds is 8. The van der Waals surface area contributed by atoms with Crippen molar-refractivity contribution in [3.8, 4) is 0 Å². The molecule has 0 aliphatic carbocycles. The Kier molecular flexibility index (Phi) is 7.69. The molecule has 2 amide bonds. The van der Waals surface area contributed by atoms with Gasteiger partial charge in [-0.1, -0.05) is 43.7 Å². The minimum absolute atomic E-state index is 0.0518. The van der Waals surface area contributed by atoms with Crippen molar-refractivity contribution in [1.29, 1.82) is 0 Å². The van der Waals surface area contributed by atoms with Gasteiger partial charge in [-0.3, -0.25) is 9.59 Å². The molecule has 0 bridgehead atoms. The van der Waals surface area contributed by atoms with Gasteiger partial charge in [-0.15, -0.1) is 0 Å². The maximum atomic E-state index is 13.1. The maximum Gasteiger partial charge on any atom is 0.243 e. The lowest BCUT2D eigenvalue weighted by Gasteiger charge is -2.23. The topological polar surface area (TPSA) is 95.6 Å². The van der Waals surface area contributed by atoms with Crippen molar-refractivity contribution in [1.82, 2.24) is 9.62 Å². The lowest BCUT2D eigenvalue weighted by molar-refractivity contribution is -0.124. The fourth-order valence-corrected chi connectivity index (χ4v) is 5.44. The molecule has 2 aromatic carbocycles. The highest BCUT2D eigenvalue weighted by molar-refractivity contribution is 7.89. The van der Waals surface area contributed by atoms with E-state index in [1.165, 1.54) is 4.31 Å². The number of anilines is 1. The van der Waals surface area contributed by atoms with Gasteiger partial charge in [0.1, 0.15) is 6.04 Å². The molecule has 1 atom stereocenters. The van der Waals surface area contributed by atoms with Crippen LogP contribution in [0.1, 0.15) is 44.2 Å². The van der Waals surface area contributed by atoms with E-state index < -0.39 is 16.1 Å². The second kappa shape index (κ2) is 10.3. The van der Waals surface area contributed by atoms with Crippen molar-refractivity contribution in [2.45, 2.75) is 57.5 Å². The molecule has 1 heterocycles. The molecule has 172 valence electrons. The third kappa shape index (κ3) is 5.95. The third-order valence-corrected chi connectivity index (χ3v) is 7.33. The van der Waals surface area contributed by atoms with Crippen LogP contribution in [0.2, 0.25) is 0 Å². The van der Waals surface area contributed by atoms with Gasteiger partial charge in [0.2, 0.25) is 21.8 Å². The Morgan fingerprint density at radius 3 is 2.53 bits per heavy atom. The molecule has 0 radical (unpaired) electrons. The number of carbonyl (C=O) groups excluding carboxylic acids is 2. The summed E-state index contributed by atoms with van der Waals surface area (Å²) in [4.78, 5) is 25.1. The summed E-state index contributed by atoms with van der Waals surface area (Å²) < 4.78 is 27.4. The minimum atomic E-state index is -3.74. The van der Waals surface area contributed by atoms with Gasteiger partial charge < -0.3 is 10.6 Å². The smallest absolute Gasteiger partial charge is 0.243 e. The summed E-state index contributed by atoms with van der Waals surface area (Å²) in [5, 5.41) is 5.72. The summed E-state index contributed by atoms with van der Waals surface area (Å²) in [7, 11) is -3.74. The number of aryl methyl sites for hydroxylation is 1. The van der Waals surface area contributed by atoms with Crippen LogP contribution in [-0.4, -0.2) is 37.1 Å². The first kappa shape index (κ1) is 23.9. The van der Waals surface area contributed by atoms with Crippen LogP contribution >= 0.6 is 0 Å². The highest BCUT2D eigenvalue weighted by Gasteiger charge is 2.39. The quantitative estimate of drug-likeness (QED) is 0.635. The molecule has 0 spiro atoms. The number of sulfonamides is 1. The first-order valence-corrected chi connectivity index (χ1v) is 12.4. The van der Waals surface area contributed by atoms with E-state index in [1.807, 2.05) is 39.0 Å². The lowest BCUT2D eigenvalue weighted by Crippen LogP contribution is -2.45. The Morgan fingerprint density at radius 1 is 1.12 bits per heavy atom. The van der Waals surface area contributed by atoms with E-state index >= 15 is 0 Å². The van der Waals surface area contributed by atoms with Crippen LogP contribution < -0.4 is 10.6 Å². The predicted octanol–water partition coefficient (Wildman–Crippen LogP) is 3.45. The zero-order valence-corrected chi connectivity index (χ0v) is 19.6. The molecule has 0 saturated carbocycles. The van der Waals surface area contributed by atoms with E-state index in [9.17, 15) is 18.0 Å². The monoisotopic (exact) mass is 457 g/mol. The van der Waals surface area contributed by atoms with Crippen molar-refractivity contribution >= 4 is 27.5 Å². The van der Waals surface area contributed by atoms with Gasteiger partial charge in [-0.25, -0.2) is 8.42 Å². The molecular weight excluding hydrogens is 426 g/mol. The Bertz CT molecular complexity index is 1060. The van der Waals surface area contributed by atoms with E-state index in [-0.39, 0.29) is 29.2 Å². The van der Waals surface area contributed by atoms with Crippen molar-refractivity contribution in [3.63, 3.8) is 0 Å². The number of nitrogens with one attached hydrogen (secondary N) is 2. The fourth-order valence-electron chi connectivity index (χ4n) is 3.78. The van der Waals surface area contributed by atoms with E-state index in [1.54, 1.807) is 30.3 Å². The van der Waals surface area contributed by atoms with Crippen LogP contribution in [0.3, 0.4) is 0 Å². The second-order valence-corrected chi connectivity index (χ2v) is 10.5. The molecular formula is C24H31N3O4S. The molecule has 1 aliphatic heterocycles. The summed E-state index contributed by atoms with van der Waals surface area (Å²) in [6.07, 6.45) is 1.57. The third-order valence-electron chi connectivity index (χ3n) is 5.41. The minimum Gasteiger partial charge on any atom is -0.351 e. The number of nitrogens with zero attached hydrogens (tertiary/aromatic N) is 1. The van der Waals surface area contributed by atoms with Crippen LogP contribution in [0.15, 0.2) is 53.4 Å². The van der Waals surface area contributed by atoms with Crippen LogP contribution in [0, 0.1) is 12.8 Å². The molecule has 1 fully saturated rings. The normalized spacial score (nSPS) is 16.8. The van der Waals surface area contributed by atoms with Crippen molar-refractivity contribution in [3.05, 3.63) is 59.7 Å². The number of benzene rings is 2. The molecule has 1 saturated heterocycles. The zero-order chi connectivity index (χ0) is 23.3. The largest absolute Gasteiger partial charge is 0.351 e. The molecule has 8 heteroatoms. The highest BCUT2D eigenvalue weighted by atomic mass is 32.2. The Hall–Kier alpha value is -2.71. The number of amides is 2. The van der Waals surface area contributed by atoms with E-state index in [0.717, 1.165) is 11.1 Å². The highest BCUT2D eigenvalue weighted by Crippen LogP contribution is 2.26.